The molecule has 0 bridgehead atoms. The Morgan fingerprint density at radius 2 is 2.18 bits per heavy atom. The van der Waals surface area contributed by atoms with Gasteiger partial charge in [0.2, 0.25) is 5.91 Å². The molecule has 2 aromatic heterocycles. The largest absolute Gasteiger partial charge is 0.346 e. The standard InChI is InChI=1S/C15H22N6O/c1-8(2)13-19-11-5-4-10(6-12(11)20-13)15(22)18-9(3)14-16-7-17-21-14/h7-10H,4-6H2,1-3H3,(H,18,22)(H,19,20)(H,16,17,21)/t9-,10-/m0/s1. The van der Waals surface area contributed by atoms with E-state index in [1.54, 1.807) is 0 Å². The molecule has 2 heterocycles. The monoisotopic (exact) mass is 302 g/mol. The maximum Gasteiger partial charge on any atom is 0.224 e. The van der Waals surface area contributed by atoms with E-state index in [2.05, 4.69) is 44.3 Å². The van der Waals surface area contributed by atoms with Crippen molar-refractivity contribution < 1.29 is 4.79 Å². The number of fused-ring (bicyclic) bond motifs is 1. The van der Waals surface area contributed by atoms with Crippen LogP contribution in [-0.2, 0) is 17.6 Å². The molecule has 1 aliphatic rings. The highest BCUT2D eigenvalue weighted by molar-refractivity contribution is 5.79. The number of nitrogens with zero attached hydrogens (tertiary/aromatic N) is 3. The molecular weight excluding hydrogens is 280 g/mol. The molecule has 3 rings (SSSR count). The van der Waals surface area contributed by atoms with Crippen molar-refractivity contribution in [3.8, 4) is 0 Å². The topological polar surface area (TPSA) is 99.3 Å². The molecule has 0 aliphatic heterocycles. The lowest BCUT2D eigenvalue weighted by Gasteiger charge is -2.22. The summed E-state index contributed by atoms with van der Waals surface area (Å²) in [5.41, 5.74) is 2.23. The summed E-state index contributed by atoms with van der Waals surface area (Å²) in [6.45, 7) is 6.14. The molecule has 0 saturated carbocycles. The highest BCUT2D eigenvalue weighted by Gasteiger charge is 2.28. The van der Waals surface area contributed by atoms with Crippen LogP contribution in [0.4, 0.5) is 0 Å². The normalized spacial score (nSPS) is 19.0. The minimum absolute atomic E-state index is 0.0154. The molecule has 2 atom stereocenters. The number of hydrogen-bond acceptors (Lipinski definition) is 4. The van der Waals surface area contributed by atoms with Gasteiger partial charge >= 0.3 is 0 Å². The van der Waals surface area contributed by atoms with Crippen molar-refractivity contribution in [2.24, 2.45) is 5.92 Å². The summed E-state index contributed by atoms with van der Waals surface area (Å²) in [4.78, 5) is 24.5. The zero-order valence-corrected chi connectivity index (χ0v) is 13.2. The predicted octanol–water partition coefficient (Wildman–Crippen LogP) is 1.63. The van der Waals surface area contributed by atoms with Gasteiger partial charge in [-0.15, -0.1) is 0 Å². The van der Waals surface area contributed by atoms with E-state index in [9.17, 15) is 4.79 Å². The average Bonchev–Trinajstić information content (AvgIpc) is 3.15. The van der Waals surface area contributed by atoms with E-state index >= 15 is 0 Å². The van der Waals surface area contributed by atoms with E-state index in [0.29, 0.717) is 11.7 Å². The summed E-state index contributed by atoms with van der Waals surface area (Å²) in [6.07, 6.45) is 3.87. The smallest absolute Gasteiger partial charge is 0.224 e. The average molecular weight is 302 g/mol. The third-order valence-electron chi connectivity index (χ3n) is 4.18. The van der Waals surface area contributed by atoms with E-state index < -0.39 is 0 Å². The highest BCUT2D eigenvalue weighted by atomic mass is 16.1. The molecule has 0 fully saturated rings. The minimum Gasteiger partial charge on any atom is -0.346 e. The van der Waals surface area contributed by atoms with Crippen molar-refractivity contribution in [1.82, 2.24) is 30.5 Å². The van der Waals surface area contributed by atoms with Crippen molar-refractivity contribution in [3.63, 3.8) is 0 Å². The lowest BCUT2D eigenvalue weighted by Crippen LogP contribution is -2.36. The molecule has 118 valence electrons. The molecule has 1 amide bonds. The second kappa shape index (κ2) is 5.90. The van der Waals surface area contributed by atoms with Gasteiger partial charge in [-0.25, -0.2) is 9.97 Å². The second-order valence-electron chi connectivity index (χ2n) is 6.24. The van der Waals surface area contributed by atoms with Gasteiger partial charge in [-0.1, -0.05) is 13.8 Å². The summed E-state index contributed by atoms with van der Waals surface area (Å²) in [6, 6.07) is -0.163. The first-order valence-corrected chi connectivity index (χ1v) is 7.78. The molecule has 22 heavy (non-hydrogen) atoms. The fourth-order valence-corrected chi connectivity index (χ4v) is 2.82. The van der Waals surface area contributed by atoms with Crippen LogP contribution in [0.25, 0.3) is 0 Å². The second-order valence-corrected chi connectivity index (χ2v) is 6.24. The number of hydrogen-bond donors (Lipinski definition) is 3. The van der Waals surface area contributed by atoms with E-state index in [1.807, 2.05) is 6.92 Å². The van der Waals surface area contributed by atoms with Crippen molar-refractivity contribution in [1.29, 1.82) is 0 Å². The van der Waals surface area contributed by atoms with Gasteiger partial charge < -0.3 is 10.3 Å². The Morgan fingerprint density at radius 1 is 1.36 bits per heavy atom. The van der Waals surface area contributed by atoms with Crippen molar-refractivity contribution in [3.05, 3.63) is 29.4 Å². The summed E-state index contributed by atoms with van der Waals surface area (Å²) in [5, 5.41) is 9.60. The number of aromatic nitrogens is 5. The maximum atomic E-state index is 12.4. The van der Waals surface area contributed by atoms with Crippen LogP contribution in [0.5, 0.6) is 0 Å². The predicted molar refractivity (Wildman–Crippen MR) is 81.1 cm³/mol. The van der Waals surface area contributed by atoms with E-state index in [1.165, 1.54) is 6.33 Å². The van der Waals surface area contributed by atoms with Crippen molar-refractivity contribution in [2.75, 3.05) is 0 Å². The highest BCUT2D eigenvalue weighted by Crippen LogP contribution is 2.26. The number of aryl methyl sites for hydroxylation is 1. The molecule has 2 aromatic rings. The van der Waals surface area contributed by atoms with Gasteiger partial charge in [0.15, 0.2) is 0 Å². The summed E-state index contributed by atoms with van der Waals surface area (Å²) < 4.78 is 0. The maximum absolute atomic E-state index is 12.4. The van der Waals surface area contributed by atoms with Crippen LogP contribution in [0.3, 0.4) is 0 Å². The molecule has 0 radical (unpaired) electrons. The molecule has 7 nitrogen and oxygen atoms in total. The third kappa shape index (κ3) is 2.88. The molecule has 7 heteroatoms. The van der Waals surface area contributed by atoms with Crippen LogP contribution < -0.4 is 5.32 Å². The number of rotatable bonds is 4. The molecule has 3 N–H and O–H groups in total. The Labute approximate surface area is 129 Å². The van der Waals surface area contributed by atoms with Crippen LogP contribution in [0.2, 0.25) is 0 Å². The van der Waals surface area contributed by atoms with Crippen LogP contribution >= 0.6 is 0 Å². The number of aromatic amines is 2. The van der Waals surface area contributed by atoms with Gasteiger partial charge in [0.25, 0.3) is 0 Å². The van der Waals surface area contributed by atoms with Gasteiger partial charge in [-0.05, 0) is 19.8 Å². The Balaban J connectivity index is 1.65. The number of nitrogens with one attached hydrogen (secondary N) is 3. The van der Waals surface area contributed by atoms with Crippen molar-refractivity contribution in [2.45, 2.75) is 52.0 Å². The fourth-order valence-electron chi connectivity index (χ4n) is 2.82. The number of H-pyrrole nitrogens is 2. The van der Waals surface area contributed by atoms with Crippen LogP contribution in [0.1, 0.15) is 62.2 Å². The molecule has 1 aliphatic carbocycles. The number of amides is 1. The van der Waals surface area contributed by atoms with Crippen molar-refractivity contribution >= 4 is 5.91 Å². The molecule has 0 spiro atoms. The summed E-state index contributed by atoms with van der Waals surface area (Å²) in [7, 11) is 0. The summed E-state index contributed by atoms with van der Waals surface area (Å²) in [5.74, 6) is 2.12. The fraction of sp³-hybridized carbons (Fsp3) is 0.600. The van der Waals surface area contributed by atoms with Crippen LogP contribution in [-0.4, -0.2) is 31.1 Å². The third-order valence-corrected chi connectivity index (χ3v) is 4.18. The van der Waals surface area contributed by atoms with E-state index in [4.69, 9.17) is 0 Å². The zero-order valence-electron chi connectivity index (χ0n) is 13.2. The van der Waals surface area contributed by atoms with E-state index in [-0.39, 0.29) is 17.9 Å². The first-order valence-electron chi connectivity index (χ1n) is 7.78. The summed E-state index contributed by atoms with van der Waals surface area (Å²) >= 11 is 0. The molecule has 0 saturated heterocycles. The Morgan fingerprint density at radius 3 is 2.86 bits per heavy atom. The quantitative estimate of drug-likeness (QED) is 0.799. The number of carbonyl (C=O) groups is 1. The lowest BCUT2D eigenvalue weighted by molar-refractivity contribution is -0.126. The molecular formula is C15H22N6O. The first kappa shape index (κ1) is 14.7. The van der Waals surface area contributed by atoms with Gasteiger partial charge in [-0.3, -0.25) is 9.89 Å². The molecule has 0 unspecified atom stereocenters. The Bertz CT molecular complexity index is 645. The van der Waals surface area contributed by atoms with Gasteiger partial charge in [0.1, 0.15) is 18.0 Å². The first-order chi connectivity index (χ1) is 10.5. The van der Waals surface area contributed by atoms with E-state index in [0.717, 1.165) is 36.5 Å². The minimum atomic E-state index is -0.163. The number of carbonyl (C=O) groups excluding carboxylic acids is 1. The van der Waals surface area contributed by atoms with Gasteiger partial charge in [-0.2, -0.15) is 5.10 Å². The number of imidazole rings is 1. The lowest BCUT2D eigenvalue weighted by atomic mass is 9.89. The SMILES string of the molecule is CC(C)c1nc2c([nH]1)C[C@@H](C(=O)N[C@@H](C)c1ncn[nH]1)CC2. The van der Waals surface area contributed by atoms with Crippen LogP contribution in [0.15, 0.2) is 6.33 Å². The van der Waals surface area contributed by atoms with Crippen LogP contribution in [0, 0.1) is 5.92 Å². The van der Waals surface area contributed by atoms with Gasteiger partial charge in [0.05, 0.1) is 11.7 Å². The van der Waals surface area contributed by atoms with Gasteiger partial charge in [0, 0.05) is 24.0 Å². The Kier molecular flexibility index (Phi) is 3.96. The Hall–Kier alpha value is -2.18. The molecule has 0 aromatic carbocycles. The zero-order chi connectivity index (χ0) is 15.7.